The lowest BCUT2D eigenvalue weighted by Crippen LogP contribution is -2.28. The van der Waals surface area contributed by atoms with Crippen molar-refractivity contribution in [3.05, 3.63) is 0 Å². The molecule has 0 unspecified atom stereocenters. The van der Waals surface area contributed by atoms with Crippen LogP contribution in [0.2, 0.25) is 0 Å². The van der Waals surface area contributed by atoms with Crippen LogP contribution in [0.5, 0.6) is 0 Å². The Kier molecular flexibility index (Phi) is 10.5. The van der Waals surface area contributed by atoms with Crippen molar-refractivity contribution in [3.8, 4) is 0 Å². The van der Waals surface area contributed by atoms with Gasteiger partial charge in [0.05, 0.1) is 6.61 Å². The summed E-state index contributed by atoms with van der Waals surface area (Å²) < 4.78 is 4.95. The fraction of sp³-hybridized carbons (Fsp3) is 1.00. The zero-order valence-electron chi connectivity index (χ0n) is 9.01. The second-order valence-corrected chi connectivity index (χ2v) is 4.38. The molecule has 0 saturated carbocycles. The Hall–Kier alpha value is 0.230. The van der Waals surface area contributed by atoms with Gasteiger partial charge in [0.15, 0.2) is 0 Å². The SMILES string of the molecule is COCCSCCNCCN(C)C. The number of hydrogen-bond acceptors (Lipinski definition) is 4. The molecule has 0 aromatic rings. The number of thioether (sulfide) groups is 1. The first-order chi connectivity index (χ1) is 6.27. The predicted molar refractivity (Wildman–Crippen MR) is 60.6 cm³/mol. The number of methoxy groups -OCH3 is 1. The molecule has 0 aliphatic carbocycles. The van der Waals surface area contributed by atoms with E-state index in [0.29, 0.717) is 0 Å². The van der Waals surface area contributed by atoms with Gasteiger partial charge in [0.1, 0.15) is 0 Å². The summed E-state index contributed by atoms with van der Waals surface area (Å²) in [5.74, 6) is 2.28. The lowest BCUT2D eigenvalue weighted by atomic mass is 10.5. The summed E-state index contributed by atoms with van der Waals surface area (Å²) in [5, 5.41) is 3.39. The van der Waals surface area contributed by atoms with Gasteiger partial charge in [0, 0.05) is 38.2 Å². The minimum Gasteiger partial charge on any atom is -0.384 e. The molecule has 0 atom stereocenters. The number of nitrogens with one attached hydrogen (secondary N) is 1. The maximum atomic E-state index is 4.95. The van der Waals surface area contributed by atoms with Gasteiger partial charge >= 0.3 is 0 Å². The van der Waals surface area contributed by atoms with Gasteiger partial charge in [-0.3, -0.25) is 0 Å². The van der Waals surface area contributed by atoms with E-state index in [9.17, 15) is 0 Å². The zero-order valence-corrected chi connectivity index (χ0v) is 9.82. The molecule has 1 N–H and O–H groups in total. The molecule has 0 aliphatic heterocycles. The third kappa shape index (κ3) is 12.2. The van der Waals surface area contributed by atoms with Crippen molar-refractivity contribution in [1.29, 1.82) is 0 Å². The molecular weight excluding hydrogens is 184 g/mol. The number of likely N-dealkylation sites (N-methyl/N-ethyl adjacent to an activating group) is 1. The highest BCUT2D eigenvalue weighted by Crippen LogP contribution is 1.96. The molecule has 0 aromatic carbocycles. The first kappa shape index (κ1) is 13.2. The third-order valence-electron chi connectivity index (χ3n) is 1.59. The number of ether oxygens (including phenoxy) is 1. The summed E-state index contributed by atoms with van der Waals surface area (Å²) >= 11 is 1.94. The van der Waals surface area contributed by atoms with Crippen LogP contribution in [-0.4, -0.2) is 63.9 Å². The number of rotatable bonds is 9. The van der Waals surface area contributed by atoms with Crippen LogP contribution >= 0.6 is 11.8 Å². The maximum Gasteiger partial charge on any atom is 0.0552 e. The highest BCUT2D eigenvalue weighted by Gasteiger charge is 1.90. The lowest BCUT2D eigenvalue weighted by Gasteiger charge is -2.09. The fourth-order valence-electron chi connectivity index (χ4n) is 0.816. The van der Waals surface area contributed by atoms with Crippen LogP contribution < -0.4 is 5.32 Å². The van der Waals surface area contributed by atoms with Gasteiger partial charge in [-0.1, -0.05) is 0 Å². The summed E-state index contributed by atoms with van der Waals surface area (Å²) in [7, 11) is 5.93. The van der Waals surface area contributed by atoms with Crippen molar-refractivity contribution < 1.29 is 4.74 Å². The van der Waals surface area contributed by atoms with Crippen LogP contribution in [0, 0.1) is 0 Å². The van der Waals surface area contributed by atoms with Crippen molar-refractivity contribution in [3.63, 3.8) is 0 Å². The topological polar surface area (TPSA) is 24.5 Å². The molecule has 0 radical (unpaired) electrons. The maximum absolute atomic E-state index is 4.95. The number of nitrogens with zero attached hydrogens (tertiary/aromatic N) is 1. The molecule has 13 heavy (non-hydrogen) atoms. The normalized spacial score (nSPS) is 11.1. The van der Waals surface area contributed by atoms with E-state index in [2.05, 4.69) is 24.3 Å². The molecule has 0 fully saturated rings. The highest BCUT2D eigenvalue weighted by atomic mass is 32.2. The summed E-state index contributed by atoms with van der Waals surface area (Å²) in [4.78, 5) is 2.19. The largest absolute Gasteiger partial charge is 0.384 e. The quantitative estimate of drug-likeness (QED) is 0.556. The van der Waals surface area contributed by atoms with Gasteiger partial charge in [0.2, 0.25) is 0 Å². The van der Waals surface area contributed by atoms with Gasteiger partial charge in [-0.15, -0.1) is 0 Å². The van der Waals surface area contributed by atoms with Gasteiger partial charge in [0.25, 0.3) is 0 Å². The zero-order chi connectivity index (χ0) is 9.94. The molecule has 0 rings (SSSR count). The van der Waals surface area contributed by atoms with Crippen LogP contribution in [-0.2, 0) is 4.74 Å². The Labute approximate surface area is 86.2 Å². The van der Waals surface area contributed by atoms with E-state index >= 15 is 0 Å². The van der Waals surface area contributed by atoms with Gasteiger partial charge in [-0.25, -0.2) is 0 Å². The van der Waals surface area contributed by atoms with E-state index in [1.54, 1.807) is 7.11 Å². The predicted octanol–water partition coefficient (Wildman–Crippen LogP) is 0.517. The second kappa shape index (κ2) is 10.3. The molecule has 0 spiro atoms. The molecular formula is C9H22N2OS. The average molecular weight is 206 g/mol. The molecule has 0 aromatic heterocycles. The minimum atomic E-state index is 0.863. The van der Waals surface area contributed by atoms with Gasteiger partial charge < -0.3 is 15.0 Å². The van der Waals surface area contributed by atoms with E-state index in [-0.39, 0.29) is 0 Å². The van der Waals surface area contributed by atoms with Crippen molar-refractivity contribution in [2.24, 2.45) is 0 Å². The number of hydrogen-bond donors (Lipinski definition) is 1. The minimum absolute atomic E-state index is 0.863. The van der Waals surface area contributed by atoms with Crippen LogP contribution in [0.1, 0.15) is 0 Å². The molecule has 0 saturated heterocycles. The Morgan fingerprint density at radius 1 is 1.23 bits per heavy atom. The van der Waals surface area contributed by atoms with Crippen molar-refractivity contribution in [1.82, 2.24) is 10.2 Å². The van der Waals surface area contributed by atoms with Gasteiger partial charge in [-0.2, -0.15) is 11.8 Å². The van der Waals surface area contributed by atoms with Crippen LogP contribution in [0.15, 0.2) is 0 Å². The third-order valence-corrected chi connectivity index (χ3v) is 2.54. The Bertz CT molecular complexity index is 102. The van der Waals surface area contributed by atoms with Crippen LogP contribution in [0.4, 0.5) is 0 Å². The molecule has 0 bridgehead atoms. The lowest BCUT2D eigenvalue weighted by molar-refractivity contribution is 0.218. The van der Waals surface area contributed by atoms with E-state index in [0.717, 1.165) is 32.0 Å². The standard InChI is InChI=1S/C9H22N2OS/c1-11(2)6-4-10-5-8-13-9-7-12-3/h10H,4-9H2,1-3H3. The first-order valence-corrected chi connectivity index (χ1v) is 5.85. The van der Waals surface area contributed by atoms with Crippen molar-refractivity contribution in [2.75, 3.05) is 59.0 Å². The first-order valence-electron chi connectivity index (χ1n) is 4.69. The van der Waals surface area contributed by atoms with Crippen LogP contribution in [0.25, 0.3) is 0 Å². The summed E-state index contributed by atoms with van der Waals surface area (Å²) in [5.41, 5.74) is 0. The second-order valence-electron chi connectivity index (χ2n) is 3.16. The Balaban J connectivity index is 2.84. The molecule has 80 valence electrons. The molecule has 0 aliphatic rings. The van der Waals surface area contributed by atoms with E-state index in [4.69, 9.17) is 4.74 Å². The van der Waals surface area contributed by atoms with E-state index < -0.39 is 0 Å². The van der Waals surface area contributed by atoms with E-state index in [1.807, 2.05) is 11.8 Å². The fourth-order valence-corrected chi connectivity index (χ4v) is 1.59. The Morgan fingerprint density at radius 3 is 2.62 bits per heavy atom. The summed E-state index contributed by atoms with van der Waals surface area (Å²) in [6.45, 7) is 4.16. The van der Waals surface area contributed by atoms with E-state index in [1.165, 1.54) is 5.75 Å². The molecule has 0 amide bonds. The highest BCUT2D eigenvalue weighted by molar-refractivity contribution is 7.99. The average Bonchev–Trinajstić information content (AvgIpc) is 2.09. The van der Waals surface area contributed by atoms with Crippen molar-refractivity contribution in [2.45, 2.75) is 0 Å². The monoisotopic (exact) mass is 206 g/mol. The molecule has 0 heterocycles. The Morgan fingerprint density at radius 2 is 2.00 bits per heavy atom. The molecule has 3 nitrogen and oxygen atoms in total. The molecule has 4 heteroatoms. The summed E-state index contributed by atoms with van der Waals surface area (Å²) in [6, 6.07) is 0. The smallest absolute Gasteiger partial charge is 0.0552 e. The van der Waals surface area contributed by atoms with Crippen molar-refractivity contribution >= 4 is 11.8 Å². The summed E-state index contributed by atoms with van der Waals surface area (Å²) in [6.07, 6.45) is 0. The van der Waals surface area contributed by atoms with Crippen LogP contribution in [0.3, 0.4) is 0 Å². The van der Waals surface area contributed by atoms with Gasteiger partial charge in [-0.05, 0) is 14.1 Å².